The number of methoxy groups -OCH3 is 1. The van der Waals surface area contributed by atoms with Crippen molar-refractivity contribution in [3.8, 4) is 5.75 Å². The summed E-state index contributed by atoms with van der Waals surface area (Å²) in [5.74, 6) is -0.111. The van der Waals surface area contributed by atoms with Gasteiger partial charge in [-0.1, -0.05) is 18.2 Å². The van der Waals surface area contributed by atoms with Crippen molar-refractivity contribution in [3.05, 3.63) is 82.3 Å². The molecule has 9 heteroatoms. The van der Waals surface area contributed by atoms with E-state index in [1.54, 1.807) is 25.3 Å². The number of carbonyl (C=O) groups is 2. The van der Waals surface area contributed by atoms with Crippen molar-refractivity contribution in [1.29, 1.82) is 0 Å². The number of hydrogen-bond acceptors (Lipinski definition) is 4. The van der Waals surface area contributed by atoms with Crippen LogP contribution in [0.3, 0.4) is 0 Å². The second kappa shape index (κ2) is 10.1. The Morgan fingerprint density at radius 3 is 2.33 bits per heavy atom. The van der Waals surface area contributed by atoms with E-state index in [4.69, 9.17) is 9.15 Å². The smallest absolute Gasteiger partial charge is 0.420 e. The van der Waals surface area contributed by atoms with E-state index in [-0.39, 0.29) is 17.6 Å². The van der Waals surface area contributed by atoms with Crippen LogP contribution in [0.5, 0.6) is 5.75 Å². The Labute approximate surface area is 207 Å². The predicted molar refractivity (Wildman–Crippen MR) is 128 cm³/mol. The maximum absolute atomic E-state index is 13.2. The Morgan fingerprint density at radius 1 is 1.06 bits per heavy atom. The molecular formula is C27H27F3N2O4. The first-order valence-corrected chi connectivity index (χ1v) is 11.6. The van der Waals surface area contributed by atoms with Crippen LogP contribution in [0.2, 0.25) is 0 Å². The zero-order valence-corrected chi connectivity index (χ0v) is 20.2. The first-order valence-electron chi connectivity index (χ1n) is 11.6. The van der Waals surface area contributed by atoms with Crippen LogP contribution in [0.1, 0.15) is 61.9 Å². The number of anilines is 1. The molecule has 36 heavy (non-hydrogen) atoms. The molecule has 0 saturated carbocycles. The molecule has 0 radical (unpaired) electrons. The summed E-state index contributed by atoms with van der Waals surface area (Å²) in [7, 11) is 1.57. The minimum Gasteiger partial charge on any atom is -0.497 e. The Bertz CT molecular complexity index is 1260. The first kappa shape index (κ1) is 25.3. The number of ether oxygens (including phenoxy) is 1. The molecule has 0 aliphatic carbocycles. The van der Waals surface area contributed by atoms with E-state index in [1.807, 2.05) is 36.1 Å². The van der Waals surface area contributed by atoms with Gasteiger partial charge in [-0.3, -0.25) is 9.59 Å². The molecule has 2 aromatic carbocycles. The number of piperidine rings is 1. The van der Waals surface area contributed by atoms with Gasteiger partial charge < -0.3 is 19.4 Å². The number of alkyl halides is 3. The summed E-state index contributed by atoms with van der Waals surface area (Å²) in [5.41, 5.74) is 1.35. The number of hydrogen-bond donors (Lipinski definition) is 1. The highest BCUT2D eigenvalue weighted by Gasteiger charge is 2.38. The van der Waals surface area contributed by atoms with E-state index in [1.165, 1.54) is 6.92 Å². The fourth-order valence-corrected chi connectivity index (χ4v) is 4.52. The monoisotopic (exact) mass is 500 g/mol. The van der Waals surface area contributed by atoms with Crippen molar-refractivity contribution in [2.24, 2.45) is 0 Å². The molecule has 0 bridgehead atoms. The summed E-state index contributed by atoms with van der Waals surface area (Å²) in [6.45, 7) is 4.44. The first-order chi connectivity index (χ1) is 17.1. The van der Waals surface area contributed by atoms with Crippen molar-refractivity contribution in [2.45, 2.75) is 38.8 Å². The normalized spacial score (nSPS) is 14.6. The van der Waals surface area contributed by atoms with Crippen LogP contribution in [-0.2, 0) is 6.18 Å². The highest BCUT2D eigenvalue weighted by molar-refractivity contribution is 6.06. The zero-order valence-electron chi connectivity index (χ0n) is 20.2. The van der Waals surface area contributed by atoms with Gasteiger partial charge in [0, 0.05) is 24.3 Å². The van der Waals surface area contributed by atoms with Crippen LogP contribution in [0.15, 0.2) is 53.1 Å². The predicted octanol–water partition coefficient (Wildman–Crippen LogP) is 6.20. The molecule has 2 heterocycles. The maximum Gasteiger partial charge on any atom is 0.420 e. The van der Waals surface area contributed by atoms with Crippen molar-refractivity contribution in [1.82, 2.24) is 4.90 Å². The minimum atomic E-state index is -4.68. The minimum absolute atomic E-state index is 0.0179. The van der Waals surface area contributed by atoms with E-state index in [0.29, 0.717) is 36.4 Å². The lowest BCUT2D eigenvalue weighted by Gasteiger charge is -2.32. The molecule has 2 amide bonds. The zero-order chi connectivity index (χ0) is 26.0. The average Bonchev–Trinajstić information content (AvgIpc) is 3.27. The van der Waals surface area contributed by atoms with Gasteiger partial charge in [0.2, 0.25) is 0 Å². The third-order valence-corrected chi connectivity index (χ3v) is 6.60. The lowest BCUT2D eigenvalue weighted by atomic mass is 9.89. The molecule has 1 fully saturated rings. The number of likely N-dealkylation sites (tertiary alicyclic amines) is 1. The molecular weight excluding hydrogens is 473 g/mol. The number of nitrogens with zero attached hydrogens (tertiary/aromatic N) is 1. The highest BCUT2D eigenvalue weighted by Crippen LogP contribution is 2.35. The summed E-state index contributed by atoms with van der Waals surface area (Å²) < 4.78 is 49.6. The number of furan rings is 1. The molecule has 0 atom stereocenters. The third-order valence-electron chi connectivity index (χ3n) is 6.60. The molecule has 1 saturated heterocycles. The van der Waals surface area contributed by atoms with Gasteiger partial charge in [-0.05, 0) is 68.0 Å². The topological polar surface area (TPSA) is 71.8 Å². The van der Waals surface area contributed by atoms with Crippen LogP contribution in [0, 0.1) is 13.8 Å². The van der Waals surface area contributed by atoms with E-state index in [2.05, 4.69) is 5.32 Å². The Balaban J connectivity index is 1.38. The van der Waals surface area contributed by atoms with E-state index < -0.39 is 23.2 Å². The fourth-order valence-electron chi connectivity index (χ4n) is 4.52. The van der Waals surface area contributed by atoms with Gasteiger partial charge in [-0.2, -0.15) is 13.2 Å². The summed E-state index contributed by atoms with van der Waals surface area (Å²) in [6, 6.07) is 12.5. The quantitative estimate of drug-likeness (QED) is 0.453. The number of halogens is 3. The van der Waals surface area contributed by atoms with Crippen LogP contribution >= 0.6 is 0 Å². The second-order valence-electron chi connectivity index (χ2n) is 8.90. The van der Waals surface area contributed by atoms with Gasteiger partial charge >= 0.3 is 6.18 Å². The molecule has 190 valence electrons. The van der Waals surface area contributed by atoms with Crippen molar-refractivity contribution in [3.63, 3.8) is 0 Å². The molecule has 4 rings (SSSR count). The summed E-state index contributed by atoms with van der Waals surface area (Å²) in [6.07, 6.45) is -2.57. The van der Waals surface area contributed by atoms with Crippen LogP contribution < -0.4 is 10.1 Å². The molecule has 1 aliphatic heterocycles. The largest absolute Gasteiger partial charge is 0.497 e. The van der Waals surface area contributed by atoms with E-state index in [9.17, 15) is 22.8 Å². The number of carbonyl (C=O) groups excluding carboxylic acids is 2. The molecule has 6 nitrogen and oxygen atoms in total. The van der Waals surface area contributed by atoms with E-state index in [0.717, 1.165) is 24.0 Å². The van der Waals surface area contributed by atoms with Crippen LogP contribution in [0.25, 0.3) is 0 Å². The van der Waals surface area contributed by atoms with Crippen molar-refractivity contribution in [2.75, 3.05) is 25.5 Å². The lowest BCUT2D eigenvalue weighted by Crippen LogP contribution is -2.38. The highest BCUT2D eigenvalue weighted by atomic mass is 19.4. The number of nitrogens with one attached hydrogen (secondary N) is 1. The number of rotatable bonds is 5. The third kappa shape index (κ3) is 5.24. The fraction of sp³-hybridized carbons (Fsp3) is 0.333. The second-order valence-corrected chi connectivity index (χ2v) is 8.90. The standard InChI is InChI=1S/C27H27F3N2O4/c1-16-4-9-21(35-3)14-22(16)26(34)32-12-10-19(11-13-32)18-5-7-20(8-6-18)31-25(33)24-17(2)36-15-23(24)27(28,29)30/h4-9,14-15,19H,10-13H2,1-3H3,(H,31,33). The number of aryl methyl sites for hydroxylation is 2. The summed E-state index contributed by atoms with van der Waals surface area (Å²) in [4.78, 5) is 27.4. The van der Waals surface area contributed by atoms with Gasteiger partial charge in [0.05, 0.1) is 12.7 Å². The maximum atomic E-state index is 13.2. The molecule has 1 aromatic heterocycles. The van der Waals surface area contributed by atoms with Crippen LogP contribution in [0.4, 0.5) is 18.9 Å². The SMILES string of the molecule is COc1ccc(C)c(C(=O)N2CCC(c3ccc(NC(=O)c4c(C(F)(F)F)coc4C)cc3)CC2)c1. The Morgan fingerprint density at radius 2 is 1.72 bits per heavy atom. The van der Waals surface area contributed by atoms with Gasteiger partial charge in [-0.15, -0.1) is 0 Å². The molecule has 0 unspecified atom stereocenters. The number of benzene rings is 2. The van der Waals surface area contributed by atoms with Gasteiger partial charge in [-0.25, -0.2) is 0 Å². The Kier molecular flexibility index (Phi) is 7.10. The average molecular weight is 501 g/mol. The summed E-state index contributed by atoms with van der Waals surface area (Å²) >= 11 is 0. The van der Waals surface area contributed by atoms with Crippen molar-refractivity contribution < 1.29 is 31.9 Å². The molecule has 3 aromatic rings. The van der Waals surface area contributed by atoms with Gasteiger partial charge in [0.15, 0.2) is 0 Å². The van der Waals surface area contributed by atoms with Gasteiger partial charge in [0.25, 0.3) is 11.8 Å². The molecule has 1 N–H and O–H groups in total. The Hall–Kier alpha value is -3.75. The summed E-state index contributed by atoms with van der Waals surface area (Å²) in [5, 5.41) is 2.52. The molecule has 0 spiro atoms. The lowest BCUT2D eigenvalue weighted by molar-refractivity contribution is -0.138. The molecule has 1 aliphatic rings. The van der Waals surface area contributed by atoms with Crippen LogP contribution in [-0.4, -0.2) is 36.9 Å². The number of amides is 2. The van der Waals surface area contributed by atoms with Crippen molar-refractivity contribution >= 4 is 17.5 Å². The van der Waals surface area contributed by atoms with Gasteiger partial charge in [0.1, 0.15) is 23.3 Å². The van der Waals surface area contributed by atoms with E-state index >= 15 is 0 Å².